The lowest BCUT2D eigenvalue weighted by molar-refractivity contribution is -0.190. The molecule has 0 aromatic heterocycles. The topological polar surface area (TPSA) is 309 Å². The van der Waals surface area contributed by atoms with Crippen molar-refractivity contribution in [2.75, 3.05) is 79.8 Å². The van der Waals surface area contributed by atoms with E-state index in [-0.39, 0.29) is 103 Å². The quantitative estimate of drug-likeness (QED) is 0.0667. The summed E-state index contributed by atoms with van der Waals surface area (Å²) in [5.41, 5.74) is -0.0201. The van der Waals surface area contributed by atoms with E-state index in [1.54, 1.807) is 13.2 Å². The number of aliphatic hydroxyl groups is 1. The number of phenolic OH excluding ortho intramolecular Hbond substituents is 2. The Hall–Kier alpha value is -6.79. The van der Waals surface area contributed by atoms with Crippen LogP contribution in [0.4, 0.5) is 0 Å². The molecule has 70 heavy (non-hydrogen) atoms. The number of amides is 7. The molecule has 2 aromatic rings. The Morgan fingerprint density at radius 1 is 0.771 bits per heavy atom. The minimum atomic E-state index is -0.680. The van der Waals surface area contributed by atoms with E-state index in [0.717, 1.165) is 43.2 Å². The molecule has 0 saturated carbocycles. The van der Waals surface area contributed by atoms with Crippen molar-refractivity contribution in [1.82, 2.24) is 36.0 Å². The van der Waals surface area contributed by atoms with Crippen LogP contribution in [-0.2, 0) is 60.6 Å². The smallest absolute Gasteiger partial charge is 0.253 e. The van der Waals surface area contributed by atoms with Gasteiger partial charge in [-0.05, 0) is 38.7 Å². The second kappa shape index (κ2) is 22.3. The van der Waals surface area contributed by atoms with Crippen LogP contribution in [-0.4, -0.2) is 193 Å². The number of carbonyl (C=O) groups excluding carboxylic acids is 9. The summed E-state index contributed by atoms with van der Waals surface area (Å²) in [4.78, 5) is 116. The van der Waals surface area contributed by atoms with Gasteiger partial charge in [0, 0.05) is 93.7 Å². The zero-order chi connectivity index (χ0) is 50.4. The molecule has 23 nitrogen and oxygen atoms in total. The summed E-state index contributed by atoms with van der Waals surface area (Å²) in [6.45, 7) is 3.81. The maximum Gasteiger partial charge on any atom is 0.253 e. The SMILES string of the molecule is COC1CN(C2CCO[C@@H](C)C2O)CCO1.COc1cccc2c1C(=O)c1c(O)c3c(c(O)c1C2=O)C[C@@H](C(=O)N1CC(NC(=O)CNC(=O)CNC(=O)CNC(=O)CCN2C(=O)C=CC2=O)C1)CC3. The Bertz CT molecular complexity index is 2450. The number of aliphatic hydroxyl groups excluding tert-OH is 1. The van der Waals surface area contributed by atoms with E-state index in [2.05, 4.69) is 26.2 Å². The van der Waals surface area contributed by atoms with Crippen molar-refractivity contribution in [3.05, 3.63) is 63.7 Å². The molecular weight excluding hydrogens is 919 g/mol. The molecule has 23 heteroatoms. The first-order valence-corrected chi connectivity index (χ1v) is 23.0. The van der Waals surface area contributed by atoms with Crippen LogP contribution in [0.3, 0.4) is 0 Å². The molecule has 3 saturated heterocycles. The Labute approximate surface area is 401 Å². The molecule has 7 amide bonds. The number of aromatic hydroxyl groups is 2. The number of carbonyl (C=O) groups is 9. The summed E-state index contributed by atoms with van der Waals surface area (Å²) in [5, 5.41) is 42.2. The molecule has 6 aliphatic rings. The van der Waals surface area contributed by atoms with Gasteiger partial charge in [0.1, 0.15) is 17.2 Å². The maximum absolute atomic E-state index is 13.5. The average Bonchev–Trinajstić information content (AvgIpc) is 3.68. The van der Waals surface area contributed by atoms with Gasteiger partial charge in [0.2, 0.25) is 35.3 Å². The fourth-order valence-corrected chi connectivity index (χ4v) is 9.36. The lowest BCUT2D eigenvalue weighted by Crippen LogP contribution is -2.63. The normalized spacial score (nSPS) is 22.9. The van der Waals surface area contributed by atoms with Gasteiger partial charge in [-0.3, -0.25) is 53.0 Å². The van der Waals surface area contributed by atoms with Gasteiger partial charge in [-0.25, -0.2) is 0 Å². The van der Waals surface area contributed by atoms with Gasteiger partial charge in [-0.15, -0.1) is 0 Å². The predicted molar refractivity (Wildman–Crippen MR) is 241 cm³/mol. The summed E-state index contributed by atoms with van der Waals surface area (Å²) in [7, 11) is 3.01. The predicted octanol–water partition coefficient (Wildman–Crippen LogP) is -2.19. The Balaban J connectivity index is 0.000000380. The van der Waals surface area contributed by atoms with Crippen molar-refractivity contribution in [2.45, 2.75) is 69.6 Å². The van der Waals surface area contributed by atoms with Crippen LogP contribution in [0, 0.1) is 5.92 Å². The van der Waals surface area contributed by atoms with E-state index in [0.29, 0.717) is 18.6 Å². The molecule has 0 bridgehead atoms. The number of fused-ring (bicyclic) bond motifs is 3. The van der Waals surface area contributed by atoms with E-state index in [4.69, 9.17) is 18.9 Å². The van der Waals surface area contributed by atoms with Crippen LogP contribution in [0.2, 0.25) is 0 Å². The fraction of sp³-hybridized carbons (Fsp3) is 0.511. The number of hydrogen-bond acceptors (Lipinski definition) is 17. The van der Waals surface area contributed by atoms with Crippen LogP contribution in [0.25, 0.3) is 0 Å². The molecule has 3 fully saturated rings. The highest BCUT2D eigenvalue weighted by Gasteiger charge is 2.43. The van der Waals surface area contributed by atoms with Gasteiger partial charge in [0.25, 0.3) is 11.8 Å². The van der Waals surface area contributed by atoms with Gasteiger partial charge >= 0.3 is 0 Å². The summed E-state index contributed by atoms with van der Waals surface area (Å²) in [5.74, 6) is -6.31. The number of hydrogen-bond donors (Lipinski definition) is 7. The molecule has 0 spiro atoms. The number of rotatable bonds is 14. The number of benzene rings is 2. The number of morpholine rings is 1. The molecule has 3 unspecified atom stereocenters. The Morgan fingerprint density at radius 3 is 2.09 bits per heavy atom. The highest BCUT2D eigenvalue weighted by molar-refractivity contribution is 6.31. The molecule has 7 N–H and O–H groups in total. The fourth-order valence-electron chi connectivity index (χ4n) is 9.36. The third kappa shape index (κ3) is 11.1. The molecular formula is C47H57N7O16. The zero-order valence-corrected chi connectivity index (χ0v) is 38.9. The maximum atomic E-state index is 13.5. The average molecular weight is 976 g/mol. The number of phenols is 2. The van der Waals surface area contributed by atoms with Crippen molar-refractivity contribution in [3.8, 4) is 17.2 Å². The molecule has 2 aliphatic carbocycles. The highest BCUT2D eigenvalue weighted by Crippen LogP contribution is 2.47. The van der Waals surface area contributed by atoms with Gasteiger partial charge in [-0.2, -0.15) is 0 Å². The van der Waals surface area contributed by atoms with Crippen LogP contribution in [0.1, 0.15) is 69.2 Å². The van der Waals surface area contributed by atoms with Crippen LogP contribution >= 0.6 is 0 Å². The van der Waals surface area contributed by atoms with E-state index < -0.39 is 90.2 Å². The number of methoxy groups -OCH3 is 2. The summed E-state index contributed by atoms with van der Waals surface area (Å²) in [6.07, 6.45) is 2.70. The first-order valence-electron chi connectivity index (χ1n) is 23.0. The van der Waals surface area contributed by atoms with Crippen LogP contribution in [0.15, 0.2) is 30.4 Å². The molecule has 376 valence electrons. The molecule has 4 heterocycles. The molecule has 4 aliphatic heterocycles. The zero-order valence-electron chi connectivity index (χ0n) is 38.9. The van der Waals surface area contributed by atoms with E-state index in [9.17, 15) is 58.5 Å². The molecule has 5 atom stereocenters. The van der Waals surface area contributed by atoms with Crippen molar-refractivity contribution in [2.24, 2.45) is 5.92 Å². The number of likely N-dealkylation sites (tertiary alicyclic amines) is 1. The number of imide groups is 1. The van der Waals surface area contributed by atoms with E-state index in [1.165, 1.54) is 24.1 Å². The first-order chi connectivity index (χ1) is 33.5. The van der Waals surface area contributed by atoms with E-state index in [1.807, 2.05) is 6.92 Å². The second-order valence-corrected chi connectivity index (χ2v) is 17.6. The van der Waals surface area contributed by atoms with Gasteiger partial charge in [-0.1, -0.05) is 12.1 Å². The largest absolute Gasteiger partial charge is 0.507 e. The number of nitrogens with one attached hydrogen (secondary N) is 4. The molecule has 8 rings (SSSR count). The van der Waals surface area contributed by atoms with Crippen LogP contribution < -0.4 is 26.0 Å². The third-order valence-corrected chi connectivity index (χ3v) is 13.2. The third-order valence-electron chi connectivity index (χ3n) is 13.2. The van der Waals surface area contributed by atoms with Gasteiger partial charge < -0.3 is 60.4 Å². The summed E-state index contributed by atoms with van der Waals surface area (Å²) < 4.78 is 21.3. The number of nitrogens with zero attached hydrogens (tertiary/aromatic N) is 3. The van der Waals surface area contributed by atoms with Crippen molar-refractivity contribution in [1.29, 1.82) is 0 Å². The van der Waals surface area contributed by atoms with Crippen molar-refractivity contribution >= 4 is 52.9 Å². The Morgan fingerprint density at radius 2 is 1.41 bits per heavy atom. The second-order valence-electron chi connectivity index (χ2n) is 17.6. The van der Waals surface area contributed by atoms with Gasteiger partial charge in [0.05, 0.1) is 68.3 Å². The molecule has 0 radical (unpaired) electrons. The monoisotopic (exact) mass is 975 g/mol. The Kier molecular flexibility index (Phi) is 16.3. The van der Waals surface area contributed by atoms with Crippen LogP contribution in [0.5, 0.6) is 17.2 Å². The lowest BCUT2D eigenvalue weighted by Gasteiger charge is -2.43. The van der Waals surface area contributed by atoms with Gasteiger partial charge in [0.15, 0.2) is 12.1 Å². The van der Waals surface area contributed by atoms with Crippen molar-refractivity contribution in [3.63, 3.8) is 0 Å². The number of ketones is 2. The standard InChI is InChI=1S/C36H36N6O12.C11H21NO4/c1-54-22-4-2-3-20-29(22)35(52)31-30(33(20)50)34(51)21-11-17(5-6-19(21)32(31)49)36(53)41-15-18(16-41)40-26(46)14-39-25(45)13-38-24(44)12-37-23(43)9-10-42-27(47)7-8-28(42)48;1-8-11(13)9(3-5-15-8)12-4-6-16-10(7-12)14-2/h2-4,7-8,17-18,49,51H,5-6,9-16H2,1H3,(H,37,43)(H,38,44)(H,39,45)(H,40,46);8-11,13H,3-7H2,1-2H3/t17-;8-,9?,10?,11?/m00/s1. The van der Waals surface area contributed by atoms with Crippen molar-refractivity contribution < 1.29 is 77.4 Å². The summed E-state index contributed by atoms with van der Waals surface area (Å²) in [6, 6.07) is 4.30. The number of ether oxygens (including phenoxy) is 4. The van der Waals surface area contributed by atoms with E-state index >= 15 is 0 Å². The minimum absolute atomic E-state index is 0.00614. The lowest BCUT2D eigenvalue weighted by atomic mass is 9.75. The molecule has 2 aromatic carbocycles. The summed E-state index contributed by atoms with van der Waals surface area (Å²) >= 11 is 0. The minimum Gasteiger partial charge on any atom is -0.507 e. The highest BCUT2D eigenvalue weighted by atomic mass is 16.7. The first kappa shape index (κ1) is 51.1.